The molecule has 1 spiro atoms. The molecule has 2 unspecified atom stereocenters. The Bertz CT molecular complexity index is 1130. The number of aliphatic hydroxyl groups excluding tert-OH is 1. The maximum atomic E-state index is 14.0. The van der Waals surface area contributed by atoms with Crippen LogP contribution in [0.3, 0.4) is 0 Å². The first-order valence-electron chi connectivity index (χ1n) is 11.8. The molecular weight excluding hydrogens is 470 g/mol. The van der Waals surface area contributed by atoms with E-state index in [1.54, 1.807) is 24.3 Å². The van der Waals surface area contributed by atoms with Crippen molar-refractivity contribution in [3.63, 3.8) is 0 Å². The van der Waals surface area contributed by atoms with Crippen molar-refractivity contribution in [1.29, 1.82) is 0 Å². The summed E-state index contributed by atoms with van der Waals surface area (Å²) in [7, 11) is 1.54. The molecule has 3 heterocycles. The number of hydrogen-bond donors (Lipinski definition) is 3. The highest BCUT2D eigenvalue weighted by molar-refractivity contribution is 6.30. The molecule has 3 fully saturated rings. The Morgan fingerprint density at radius 1 is 1.17 bits per heavy atom. The Morgan fingerprint density at radius 2 is 1.89 bits per heavy atom. The first-order chi connectivity index (χ1) is 16.9. The molecule has 3 aliphatic heterocycles. The maximum absolute atomic E-state index is 14.0. The molecule has 5 rings (SSSR count). The van der Waals surface area contributed by atoms with Gasteiger partial charge in [0, 0.05) is 17.8 Å². The fourth-order valence-corrected chi connectivity index (χ4v) is 6.26. The molecule has 0 aromatic heterocycles. The van der Waals surface area contributed by atoms with Crippen molar-refractivity contribution < 1.29 is 24.2 Å². The molecule has 2 aromatic carbocycles. The molecule has 3 aliphatic rings. The van der Waals surface area contributed by atoms with Crippen molar-refractivity contribution in [3.05, 3.63) is 65.2 Å². The quantitative estimate of drug-likeness (QED) is 0.542. The van der Waals surface area contributed by atoms with E-state index in [1.807, 2.05) is 30.3 Å². The molecule has 0 radical (unpaired) electrons. The minimum Gasteiger partial charge on any atom is -0.394 e. The van der Waals surface area contributed by atoms with Gasteiger partial charge in [0.25, 0.3) is 0 Å². The third-order valence-electron chi connectivity index (χ3n) is 7.57. The van der Waals surface area contributed by atoms with E-state index in [2.05, 4.69) is 10.6 Å². The topological polar surface area (TPSA) is 108 Å². The van der Waals surface area contributed by atoms with Crippen LogP contribution in [0.1, 0.15) is 18.4 Å². The molecule has 3 saturated heterocycles. The van der Waals surface area contributed by atoms with Crippen molar-refractivity contribution in [1.82, 2.24) is 10.2 Å². The summed E-state index contributed by atoms with van der Waals surface area (Å²) >= 11 is 5.99. The van der Waals surface area contributed by atoms with Gasteiger partial charge in [-0.2, -0.15) is 0 Å². The number of carbonyl (C=O) groups excluding carboxylic acids is 3. The molecule has 6 atom stereocenters. The minimum absolute atomic E-state index is 0.266. The van der Waals surface area contributed by atoms with E-state index in [1.165, 1.54) is 11.9 Å². The lowest BCUT2D eigenvalue weighted by molar-refractivity contribution is -0.143. The van der Waals surface area contributed by atoms with E-state index in [9.17, 15) is 19.5 Å². The van der Waals surface area contributed by atoms with Crippen LogP contribution in [0.5, 0.6) is 0 Å². The number of aliphatic hydroxyl groups is 1. The number of ether oxygens (including phenoxy) is 1. The van der Waals surface area contributed by atoms with Gasteiger partial charge in [0.1, 0.15) is 11.6 Å². The zero-order valence-corrected chi connectivity index (χ0v) is 20.1. The van der Waals surface area contributed by atoms with Crippen LogP contribution in [-0.4, -0.2) is 65.2 Å². The van der Waals surface area contributed by atoms with Crippen LogP contribution in [0.25, 0.3) is 0 Å². The Kier molecular flexibility index (Phi) is 6.29. The molecule has 184 valence electrons. The van der Waals surface area contributed by atoms with E-state index in [0.717, 1.165) is 5.56 Å². The molecule has 0 aliphatic carbocycles. The van der Waals surface area contributed by atoms with Gasteiger partial charge in [0.2, 0.25) is 17.7 Å². The molecule has 3 amide bonds. The van der Waals surface area contributed by atoms with Gasteiger partial charge < -0.3 is 25.4 Å². The molecule has 2 aromatic rings. The smallest absolute Gasteiger partial charge is 0.250 e. The fraction of sp³-hybridized carbons (Fsp3) is 0.423. The second-order valence-corrected chi connectivity index (χ2v) is 9.87. The summed E-state index contributed by atoms with van der Waals surface area (Å²) in [6, 6.07) is 14.6. The predicted octanol–water partition coefficient (Wildman–Crippen LogP) is 2.00. The summed E-state index contributed by atoms with van der Waals surface area (Å²) in [6.45, 7) is -0.331. The van der Waals surface area contributed by atoms with Crippen LogP contribution in [0.15, 0.2) is 54.6 Å². The average molecular weight is 498 g/mol. The number of rotatable bonds is 7. The zero-order valence-electron chi connectivity index (χ0n) is 19.3. The number of carbonyl (C=O) groups is 3. The Hall–Kier alpha value is -2.94. The number of anilines is 1. The summed E-state index contributed by atoms with van der Waals surface area (Å²) in [6.07, 6.45) is 1.02. The van der Waals surface area contributed by atoms with Gasteiger partial charge in [-0.05, 0) is 49.1 Å². The monoisotopic (exact) mass is 497 g/mol. The number of nitrogens with zero attached hydrogens (tertiary/aromatic N) is 1. The number of likely N-dealkylation sites (tertiary alicyclic amines) is 1. The Morgan fingerprint density at radius 3 is 2.54 bits per heavy atom. The van der Waals surface area contributed by atoms with Gasteiger partial charge in [-0.3, -0.25) is 14.4 Å². The van der Waals surface area contributed by atoms with Crippen LogP contribution in [0, 0.1) is 11.8 Å². The summed E-state index contributed by atoms with van der Waals surface area (Å²) in [5, 5.41) is 16.5. The summed E-state index contributed by atoms with van der Waals surface area (Å²) in [5.41, 5.74) is 0.337. The number of hydrogen-bond acceptors (Lipinski definition) is 5. The van der Waals surface area contributed by atoms with Crippen molar-refractivity contribution in [2.45, 2.75) is 43.1 Å². The summed E-state index contributed by atoms with van der Waals surface area (Å²) in [5.74, 6) is -2.46. The van der Waals surface area contributed by atoms with Crippen LogP contribution in [-0.2, 0) is 25.5 Å². The highest BCUT2D eigenvalue weighted by atomic mass is 35.5. The van der Waals surface area contributed by atoms with Crippen LogP contribution in [0.2, 0.25) is 5.02 Å². The molecule has 0 saturated carbocycles. The Balaban J connectivity index is 1.54. The first-order valence-corrected chi connectivity index (χ1v) is 12.2. The van der Waals surface area contributed by atoms with Gasteiger partial charge >= 0.3 is 0 Å². The lowest BCUT2D eigenvalue weighted by Crippen LogP contribution is -2.56. The van der Waals surface area contributed by atoms with Crippen LogP contribution >= 0.6 is 11.6 Å². The van der Waals surface area contributed by atoms with Gasteiger partial charge in [-0.25, -0.2) is 0 Å². The first kappa shape index (κ1) is 23.8. The second kappa shape index (κ2) is 9.26. The highest BCUT2D eigenvalue weighted by Crippen LogP contribution is 2.58. The number of fused-ring (bicyclic) bond motifs is 1. The molecule has 9 heteroatoms. The standard InChI is InChI=1S/C26H28ClN3O5/c1-28-23(32)20-19-11-12-26(35-19)21(20)25(34)30(18(14-31)13-15-5-3-2-4-6-15)22(26)24(33)29-17-9-7-16(27)8-10-17/h2-10,18-22,31H,11-14H2,1H3,(H,28,32)(H,29,33)/t18-,19-,20+,21+,22?,26?/m1/s1. The van der Waals surface area contributed by atoms with Crippen LogP contribution < -0.4 is 10.6 Å². The average Bonchev–Trinajstić information content (AvgIpc) is 3.51. The number of halogens is 1. The van der Waals surface area contributed by atoms with Gasteiger partial charge in [-0.15, -0.1) is 0 Å². The van der Waals surface area contributed by atoms with Crippen molar-refractivity contribution in [2.24, 2.45) is 11.8 Å². The maximum Gasteiger partial charge on any atom is 0.250 e. The van der Waals surface area contributed by atoms with Crippen molar-refractivity contribution >= 4 is 35.0 Å². The van der Waals surface area contributed by atoms with Gasteiger partial charge in [0.05, 0.1) is 30.6 Å². The van der Waals surface area contributed by atoms with Crippen LogP contribution in [0.4, 0.5) is 5.69 Å². The molecule has 35 heavy (non-hydrogen) atoms. The predicted molar refractivity (Wildman–Crippen MR) is 130 cm³/mol. The van der Waals surface area contributed by atoms with Gasteiger partial charge in [-0.1, -0.05) is 41.9 Å². The summed E-state index contributed by atoms with van der Waals surface area (Å²) in [4.78, 5) is 42.0. The molecule has 3 N–H and O–H groups in total. The third kappa shape index (κ3) is 3.90. The normalized spacial score (nSPS) is 29.7. The number of amides is 3. The molecule has 8 nitrogen and oxygen atoms in total. The van der Waals surface area contributed by atoms with E-state index in [0.29, 0.717) is 30.0 Å². The number of benzene rings is 2. The fourth-order valence-electron chi connectivity index (χ4n) is 6.13. The van der Waals surface area contributed by atoms with Gasteiger partial charge in [0.15, 0.2) is 0 Å². The van der Waals surface area contributed by atoms with Crippen molar-refractivity contribution in [3.8, 4) is 0 Å². The minimum atomic E-state index is -1.13. The highest BCUT2D eigenvalue weighted by Gasteiger charge is 2.75. The largest absolute Gasteiger partial charge is 0.394 e. The zero-order chi connectivity index (χ0) is 24.7. The summed E-state index contributed by atoms with van der Waals surface area (Å²) < 4.78 is 6.37. The molecule has 2 bridgehead atoms. The van der Waals surface area contributed by atoms with E-state index >= 15 is 0 Å². The van der Waals surface area contributed by atoms with E-state index < -0.39 is 41.5 Å². The third-order valence-corrected chi connectivity index (χ3v) is 7.82. The SMILES string of the molecule is CNC(=O)[C@@H]1[C@H]2C(=O)N([C@@H](CO)Cc3ccccc3)C(C(=O)Nc3ccc(Cl)cc3)C23CC[C@H]1O3. The number of nitrogens with one attached hydrogen (secondary N) is 2. The Labute approximate surface area is 208 Å². The van der Waals surface area contributed by atoms with Crippen molar-refractivity contribution in [2.75, 3.05) is 19.0 Å². The molecular formula is C26H28ClN3O5. The second-order valence-electron chi connectivity index (χ2n) is 9.44. The lowest BCUT2D eigenvalue weighted by Gasteiger charge is -2.36. The van der Waals surface area contributed by atoms with E-state index in [4.69, 9.17) is 16.3 Å². The van der Waals surface area contributed by atoms with E-state index in [-0.39, 0.29) is 18.4 Å². The lowest BCUT2D eigenvalue weighted by atomic mass is 9.70.